The lowest BCUT2D eigenvalue weighted by molar-refractivity contribution is 0.0303. The zero-order chi connectivity index (χ0) is 11.9. The van der Waals surface area contributed by atoms with Crippen molar-refractivity contribution in [1.29, 1.82) is 0 Å². The van der Waals surface area contributed by atoms with Gasteiger partial charge in [0.05, 0.1) is 18.1 Å². The summed E-state index contributed by atoms with van der Waals surface area (Å²) in [7, 11) is 0. The molecule has 3 unspecified atom stereocenters. The molecule has 1 aromatic carbocycles. The Bertz CT molecular complexity index is 485. The molecule has 0 spiro atoms. The van der Waals surface area contributed by atoms with Gasteiger partial charge in [-0.15, -0.1) is 0 Å². The fraction of sp³-hybridized carbons (Fsp3) is 0.333. The van der Waals surface area contributed by atoms with Crippen LogP contribution in [0.5, 0.6) is 0 Å². The highest BCUT2D eigenvalue weighted by atomic mass is 16.3. The maximum absolute atomic E-state index is 10.6. The molecule has 2 aromatic rings. The summed E-state index contributed by atoms with van der Waals surface area (Å²) < 4.78 is 5.06. The summed E-state index contributed by atoms with van der Waals surface area (Å²) >= 11 is 0. The quantitative estimate of drug-likeness (QED) is 0.874. The fourth-order valence-corrected chi connectivity index (χ4v) is 2.65. The Balaban J connectivity index is 1.81. The third-order valence-electron chi connectivity index (χ3n) is 3.85. The van der Waals surface area contributed by atoms with Gasteiger partial charge in [-0.2, -0.15) is 0 Å². The van der Waals surface area contributed by atoms with Gasteiger partial charge in [-0.1, -0.05) is 30.3 Å². The summed E-state index contributed by atoms with van der Waals surface area (Å²) in [5.74, 6) is 0.767. The first kappa shape index (κ1) is 10.6. The number of rotatable bonds is 3. The molecule has 1 aliphatic rings. The van der Waals surface area contributed by atoms with Crippen molar-refractivity contribution in [2.75, 3.05) is 0 Å². The van der Waals surface area contributed by atoms with E-state index in [1.165, 1.54) is 5.56 Å². The van der Waals surface area contributed by atoms with Gasteiger partial charge in [0, 0.05) is 5.56 Å². The van der Waals surface area contributed by atoms with Crippen molar-refractivity contribution in [3.8, 4) is 0 Å². The lowest BCUT2D eigenvalue weighted by Gasteiger charge is -2.22. The number of benzene rings is 1. The predicted molar refractivity (Wildman–Crippen MR) is 65.6 cm³/mol. The van der Waals surface area contributed by atoms with E-state index in [4.69, 9.17) is 4.42 Å². The Morgan fingerprint density at radius 3 is 2.65 bits per heavy atom. The van der Waals surface area contributed by atoms with Crippen molar-refractivity contribution in [3.05, 3.63) is 60.1 Å². The zero-order valence-electron chi connectivity index (χ0n) is 9.84. The highest BCUT2D eigenvalue weighted by molar-refractivity contribution is 5.30. The molecular weight excluding hydrogens is 212 g/mol. The van der Waals surface area contributed by atoms with Crippen LogP contribution in [0.4, 0.5) is 0 Å². The Labute approximate surface area is 101 Å². The molecule has 3 rings (SSSR count). The number of furan rings is 1. The van der Waals surface area contributed by atoms with E-state index in [9.17, 15) is 5.11 Å². The normalized spacial score (nSPS) is 26.5. The van der Waals surface area contributed by atoms with Crippen LogP contribution in [0, 0.1) is 5.92 Å². The molecule has 88 valence electrons. The number of hydrogen-bond donors (Lipinski definition) is 1. The highest BCUT2D eigenvalue weighted by Gasteiger charge is 2.51. The molecule has 1 aliphatic carbocycles. The minimum absolute atomic E-state index is 0.294. The van der Waals surface area contributed by atoms with Crippen molar-refractivity contribution in [1.82, 2.24) is 0 Å². The first-order chi connectivity index (χ1) is 8.19. The van der Waals surface area contributed by atoms with Gasteiger partial charge in [-0.3, -0.25) is 0 Å². The van der Waals surface area contributed by atoms with Crippen LogP contribution in [0.25, 0.3) is 0 Å². The minimum atomic E-state index is -0.784. The largest absolute Gasteiger partial charge is 0.472 e. The second kappa shape index (κ2) is 3.74. The summed E-state index contributed by atoms with van der Waals surface area (Å²) in [5.41, 5.74) is 1.41. The summed E-state index contributed by atoms with van der Waals surface area (Å²) in [6.07, 6.45) is 4.30. The van der Waals surface area contributed by atoms with Crippen molar-refractivity contribution >= 4 is 0 Å². The number of aliphatic hydroxyl groups is 1. The Morgan fingerprint density at radius 2 is 2.00 bits per heavy atom. The van der Waals surface area contributed by atoms with Crippen molar-refractivity contribution in [3.63, 3.8) is 0 Å². The lowest BCUT2D eigenvalue weighted by atomic mass is 9.90. The molecule has 0 saturated heterocycles. The molecule has 1 N–H and O–H groups in total. The van der Waals surface area contributed by atoms with Crippen LogP contribution in [-0.4, -0.2) is 5.11 Å². The van der Waals surface area contributed by atoms with Gasteiger partial charge in [0.15, 0.2) is 0 Å². The van der Waals surface area contributed by atoms with Crippen molar-refractivity contribution in [2.45, 2.75) is 24.9 Å². The SMILES string of the molecule is CC(O)(c1ccoc1)C1CC1c1ccccc1. The third kappa shape index (κ3) is 1.79. The van der Waals surface area contributed by atoms with Crippen molar-refractivity contribution in [2.24, 2.45) is 5.92 Å². The summed E-state index contributed by atoms with van der Waals surface area (Å²) in [4.78, 5) is 0. The van der Waals surface area contributed by atoms with Gasteiger partial charge < -0.3 is 9.52 Å². The summed E-state index contributed by atoms with van der Waals surface area (Å²) in [6.45, 7) is 1.88. The number of hydrogen-bond acceptors (Lipinski definition) is 2. The monoisotopic (exact) mass is 228 g/mol. The Morgan fingerprint density at radius 1 is 1.24 bits per heavy atom. The van der Waals surface area contributed by atoms with Crippen LogP contribution in [-0.2, 0) is 5.60 Å². The van der Waals surface area contributed by atoms with Gasteiger partial charge in [0.2, 0.25) is 0 Å². The molecule has 1 heterocycles. The predicted octanol–water partition coefficient (Wildman–Crippen LogP) is 3.29. The molecule has 0 bridgehead atoms. The van der Waals surface area contributed by atoms with E-state index < -0.39 is 5.60 Å². The molecule has 1 aromatic heterocycles. The van der Waals surface area contributed by atoms with Gasteiger partial charge in [-0.05, 0) is 36.8 Å². The smallest absolute Gasteiger partial charge is 0.0963 e. The lowest BCUT2D eigenvalue weighted by Crippen LogP contribution is -2.23. The summed E-state index contributed by atoms with van der Waals surface area (Å²) in [5, 5.41) is 10.6. The standard InChI is InChI=1S/C15H16O2/c1-15(16,12-7-8-17-10-12)14-9-13(14)11-5-3-2-4-6-11/h2-8,10,13-14,16H,9H2,1H3. The molecule has 0 radical (unpaired) electrons. The fourth-order valence-electron chi connectivity index (χ4n) is 2.65. The maximum atomic E-state index is 10.6. The molecule has 0 amide bonds. The molecule has 17 heavy (non-hydrogen) atoms. The second-order valence-electron chi connectivity index (χ2n) is 5.02. The van der Waals surface area contributed by atoms with Gasteiger partial charge in [0.25, 0.3) is 0 Å². The maximum Gasteiger partial charge on any atom is 0.0963 e. The average Bonchev–Trinajstić information content (AvgIpc) is 2.97. The zero-order valence-corrected chi connectivity index (χ0v) is 9.84. The first-order valence-electron chi connectivity index (χ1n) is 5.99. The minimum Gasteiger partial charge on any atom is -0.472 e. The van der Waals surface area contributed by atoms with E-state index in [0.29, 0.717) is 11.8 Å². The molecule has 2 heteroatoms. The van der Waals surface area contributed by atoms with Crippen LogP contribution < -0.4 is 0 Å². The summed E-state index contributed by atoms with van der Waals surface area (Å²) in [6, 6.07) is 12.2. The molecule has 0 aliphatic heterocycles. The van der Waals surface area contributed by atoms with Crippen molar-refractivity contribution < 1.29 is 9.52 Å². The third-order valence-corrected chi connectivity index (χ3v) is 3.85. The molecule has 3 atom stereocenters. The topological polar surface area (TPSA) is 33.4 Å². The van der Waals surface area contributed by atoms with Crippen LogP contribution in [0.15, 0.2) is 53.3 Å². The van der Waals surface area contributed by atoms with E-state index in [0.717, 1.165) is 12.0 Å². The van der Waals surface area contributed by atoms with Gasteiger partial charge in [-0.25, -0.2) is 0 Å². The first-order valence-corrected chi connectivity index (χ1v) is 5.99. The molecular formula is C15H16O2. The van der Waals surface area contributed by atoms with Gasteiger partial charge in [0.1, 0.15) is 0 Å². The van der Waals surface area contributed by atoms with Crippen LogP contribution >= 0.6 is 0 Å². The second-order valence-corrected chi connectivity index (χ2v) is 5.02. The van der Waals surface area contributed by atoms with E-state index in [1.807, 2.05) is 19.1 Å². The van der Waals surface area contributed by atoms with Crippen LogP contribution in [0.3, 0.4) is 0 Å². The van der Waals surface area contributed by atoms with E-state index in [1.54, 1.807) is 12.5 Å². The molecule has 2 nitrogen and oxygen atoms in total. The van der Waals surface area contributed by atoms with E-state index in [-0.39, 0.29) is 0 Å². The highest BCUT2D eigenvalue weighted by Crippen LogP contribution is 2.56. The Kier molecular flexibility index (Phi) is 2.33. The van der Waals surface area contributed by atoms with Gasteiger partial charge >= 0.3 is 0 Å². The Hall–Kier alpha value is -1.54. The average molecular weight is 228 g/mol. The van der Waals surface area contributed by atoms with E-state index in [2.05, 4.69) is 24.3 Å². The van der Waals surface area contributed by atoms with E-state index >= 15 is 0 Å². The molecule has 1 fully saturated rings. The molecule has 1 saturated carbocycles. The van der Waals surface area contributed by atoms with Crippen LogP contribution in [0.1, 0.15) is 30.4 Å². The van der Waals surface area contributed by atoms with Crippen LogP contribution in [0.2, 0.25) is 0 Å².